The van der Waals surface area contributed by atoms with Crippen molar-refractivity contribution in [1.82, 2.24) is 0 Å². The van der Waals surface area contributed by atoms with E-state index in [1.807, 2.05) is 0 Å². The summed E-state index contributed by atoms with van der Waals surface area (Å²) in [4.78, 5) is 29.3. The molecule has 0 aromatic heterocycles. The lowest BCUT2D eigenvalue weighted by molar-refractivity contribution is 0.0208. The van der Waals surface area contributed by atoms with Crippen molar-refractivity contribution in [1.29, 1.82) is 0 Å². The highest BCUT2D eigenvalue weighted by molar-refractivity contribution is 5.11. The zero-order valence-corrected chi connectivity index (χ0v) is 6.07. The van der Waals surface area contributed by atoms with E-state index in [2.05, 4.69) is 0 Å². The molecule has 0 amide bonds. The average molecular weight is 174 g/mol. The zero-order chi connectivity index (χ0) is 7.86. The van der Waals surface area contributed by atoms with Crippen LogP contribution in [0.4, 0.5) is 0 Å². The molecule has 3 saturated heterocycles. The normalized spacial score (nSPS) is 42.0. The molecule has 4 rings (SSSR count). The van der Waals surface area contributed by atoms with Gasteiger partial charge >= 0.3 is 5.79 Å². The summed E-state index contributed by atoms with van der Waals surface area (Å²) in [5, 5.41) is 0. The molecule has 6 heteroatoms. The second kappa shape index (κ2) is 1.43. The van der Waals surface area contributed by atoms with Gasteiger partial charge in [-0.25, -0.2) is 0 Å². The molecule has 0 unspecified atom stereocenters. The SMILES string of the molecule is C1CC2(OO2)C2(OO2)C2(C1)OO2. The van der Waals surface area contributed by atoms with Crippen molar-refractivity contribution in [2.75, 3.05) is 0 Å². The summed E-state index contributed by atoms with van der Waals surface area (Å²) < 4.78 is 0. The van der Waals surface area contributed by atoms with Crippen molar-refractivity contribution >= 4 is 0 Å². The maximum absolute atomic E-state index is 4.89. The van der Waals surface area contributed by atoms with Gasteiger partial charge in [0.1, 0.15) is 0 Å². The lowest BCUT2D eigenvalue weighted by Gasteiger charge is -2.20. The maximum atomic E-state index is 4.89. The van der Waals surface area contributed by atoms with Crippen LogP contribution in [0.2, 0.25) is 0 Å². The summed E-state index contributed by atoms with van der Waals surface area (Å²) in [7, 11) is 0. The standard InChI is InChI=1S/C6H6O6/c1-2-4(7-8-4)6(11-12-6)5(3-1)9-10-5/h1-3H2. The smallest absolute Gasteiger partial charge is 0.188 e. The Kier molecular flexibility index (Phi) is 0.745. The van der Waals surface area contributed by atoms with Crippen LogP contribution in [0.5, 0.6) is 0 Å². The predicted molar refractivity (Wildman–Crippen MR) is 28.6 cm³/mol. The minimum Gasteiger partial charge on any atom is -0.188 e. The van der Waals surface area contributed by atoms with Crippen LogP contribution in [0.1, 0.15) is 19.3 Å². The Hall–Kier alpha value is -0.240. The molecule has 0 N–H and O–H groups in total. The van der Waals surface area contributed by atoms with E-state index in [1.165, 1.54) is 0 Å². The molecular weight excluding hydrogens is 168 g/mol. The van der Waals surface area contributed by atoms with Crippen molar-refractivity contribution < 1.29 is 29.3 Å². The van der Waals surface area contributed by atoms with Gasteiger partial charge in [-0.05, 0) is 6.42 Å². The van der Waals surface area contributed by atoms with E-state index in [-0.39, 0.29) is 0 Å². The van der Waals surface area contributed by atoms with Crippen LogP contribution in [-0.2, 0) is 29.3 Å². The second-order valence-electron chi connectivity index (χ2n) is 3.48. The summed E-state index contributed by atoms with van der Waals surface area (Å²) in [6, 6.07) is 0. The Morgan fingerprint density at radius 2 is 1.17 bits per heavy atom. The Labute approximate surface area is 67.0 Å². The highest BCUT2D eigenvalue weighted by atomic mass is 17.5. The van der Waals surface area contributed by atoms with Crippen molar-refractivity contribution in [2.24, 2.45) is 0 Å². The highest BCUT2D eigenvalue weighted by Gasteiger charge is 2.93. The molecule has 66 valence electrons. The summed E-state index contributed by atoms with van der Waals surface area (Å²) in [5.74, 6) is -2.47. The van der Waals surface area contributed by atoms with Gasteiger partial charge < -0.3 is 0 Å². The molecule has 4 fully saturated rings. The minimum atomic E-state index is -0.946. The van der Waals surface area contributed by atoms with Crippen LogP contribution in [-0.4, -0.2) is 17.4 Å². The van der Waals surface area contributed by atoms with Gasteiger partial charge in [-0.1, -0.05) is 0 Å². The van der Waals surface area contributed by atoms with Crippen LogP contribution in [0.25, 0.3) is 0 Å². The molecule has 6 nitrogen and oxygen atoms in total. The van der Waals surface area contributed by atoms with E-state index in [4.69, 9.17) is 29.3 Å². The van der Waals surface area contributed by atoms with Crippen molar-refractivity contribution in [3.8, 4) is 0 Å². The van der Waals surface area contributed by atoms with Crippen LogP contribution in [0.15, 0.2) is 0 Å². The largest absolute Gasteiger partial charge is 0.350 e. The first kappa shape index (κ1) is 6.25. The summed E-state index contributed by atoms with van der Waals surface area (Å²) in [5.41, 5.74) is 0. The van der Waals surface area contributed by atoms with Crippen LogP contribution >= 0.6 is 0 Å². The van der Waals surface area contributed by atoms with Crippen molar-refractivity contribution in [3.63, 3.8) is 0 Å². The van der Waals surface area contributed by atoms with Gasteiger partial charge in [0.25, 0.3) is 11.6 Å². The van der Waals surface area contributed by atoms with E-state index >= 15 is 0 Å². The Morgan fingerprint density at radius 3 is 1.50 bits per heavy atom. The van der Waals surface area contributed by atoms with E-state index in [0.717, 1.165) is 19.3 Å². The van der Waals surface area contributed by atoms with E-state index < -0.39 is 17.4 Å². The van der Waals surface area contributed by atoms with Crippen molar-refractivity contribution in [2.45, 2.75) is 36.6 Å². The third kappa shape index (κ3) is 0.451. The molecule has 4 aliphatic rings. The number of rotatable bonds is 0. The number of hydrogen-bond donors (Lipinski definition) is 0. The topological polar surface area (TPSA) is 75.2 Å². The van der Waals surface area contributed by atoms with Crippen LogP contribution < -0.4 is 0 Å². The van der Waals surface area contributed by atoms with Gasteiger partial charge in [-0.2, -0.15) is 29.3 Å². The molecule has 3 aliphatic heterocycles. The minimum absolute atomic E-state index is 0.751. The molecule has 3 heterocycles. The fourth-order valence-electron chi connectivity index (χ4n) is 1.96. The lowest BCUT2D eigenvalue weighted by Crippen LogP contribution is -2.49. The van der Waals surface area contributed by atoms with Gasteiger partial charge in [0, 0.05) is 12.8 Å². The highest BCUT2D eigenvalue weighted by Crippen LogP contribution is 2.68. The van der Waals surface area contributed by atoms with E-state index in [1.54, 1.807) is 0 Å². The Balaban J connectivity index is 1.81. The fraction of sp³-hybridized carbons (Fsp3) is 1.00. The predicted octanol–water partition coefficient (Wildman–Crippen LogP) is 0.145. The zero-order valence-electron chi connectivity index (χ0n) is 6.07. The van der Waals surface area contributed by atoms with E-state index in [0.29, 0.717) is 0 Å². The van der Waals surface area contributed by atoms with Crippen LogP contribution in [0.3, 0.4) is 0 Å². The fourth-order valence-corrected chi connectivity index (χ4v) is 1.96. The van der Waals surface area contributed by atoms with Gasteiger partial charge in [-0.15, -0.1) is 0 Å². The van der Waals surface area contributed by atoms with Crippen LogP contribution in [0, 0.1) is 0 Å². The summed E-state index contributed by atoms with van der Waals surface area (Å²) in [6.07, 6.45) is 2.41. The molecular formula is C6H6O6. The molecule has 0 atom stereocenters. The number of fused-ring (bicyclic) bond motifs is 2. The molecule has 0 aromatic carbocycles. The third-order valence-electron chi connectivity index (χ3n) is 2.83. The van der Waals surface area contributed by atoms with E-state index in [9.17, 15) is 0 Å². The van der Waals surface area contributed by atoms with Gasteiger partial charge in [-0.3, -0.25) is 0 Å². The van der Waals surface area contributed by atoms with Crippen molar-refractivity contribution in [3.05, 3.63) is 0 Å². The first-order valence-corrected chi connectivity index (χ1v) is 3.93. The van der Waals surface area contributed by atoms with Gasteiger partial charge in [0.2, 0.25) is 0 Å². The average Bonchev–Trinajstić information content (AvgIpc) is 2.89. The first-order valence-electron chi connectivity index (χ1n) is 3.93. The second-order valence-corrected chi connectivity index (χ2v) is 3.48. The summed E-state index contributed by atoms with van der Waals surface area (Å²) >= 11 is 0. The third-order valence-corrected chi connectivity index (χ3v) is 2.83. The lowest BCUT2D eigenvalue weighted by atomic mass is 9.85. The monoisotopic (exact) mass is 174 g/mol. The molecule has 1 saturated carbocycles. The molecule has 1 aliphatic carbocycles. The number of hydrogen-bond acceptors (Lipinski definition) is 6. The maximum Gasteiger partial charge on any atom is 0.350 e. The molecule has 0 bridgehead atoms. The van der Waals surface area contributed by atoms with Gasteiger partial charge in [0.15, 0.2) is 0 Å². The quantitative estimate of drug-likeness (QED) is 0.384. The molecule has 0 aromatic rings. The first-order chi connectivity index (χ1) is 5.83. The molecule has 0 radical (unpaired) electrons. The van der Waals surface area contributed by atoms with Gasteiger partial charge in [0.05, 0.1) is 0 Å². The molecule has 12 heavy (non-hydrogen) atoms. The summed E-state index contributed by atoms with van der Waals surface area (Å²) in [6.45, 7) is 0. The Morgan fingerprint density at radius 1 is 0.667 bits per heavy atom. The Bertz CT molecular complexity index is 229. The molecule has 3 spiro atoms.